The Hall–Kier alpha value is -1.03. The van der Waals surface area contributed by atoms with E-state index in [2.05, 4.69) is 0 Å². The molecule has 0 saturated carbocycles. The largest absolute Gasteiger partial charge is 0.389 e. The minimum absolute atomic E-state index is 0.0114. The molecule has 1 N–H and O–H groups in total. The van der Waals surface area contributed by atoms with Gasteiger partial charge in [-0.2, -0.15) is 0 Å². The van der Waals surface area contributed by atoms with Gasteiger partial charge in [-0.3, -0.25) is 0 Å². The van der Waals surface area contributed by atoms with Crippen LogP contribution in [0.2, 0.25) is 0 Å². The van der Waals surface area contributed by atoms with Crippen molar-refractivity contribution >= 4 is 0 Å². The minimum atomic E-state index is -1.77. The average molecular weight is 218 g/mol. The third-order valence-electron chi connectivity index (χ3n) is 2.19. The first-order chi connectivity index (χ1) is 6.73. The number of hydrogen-bond donors (Lipinski definition) is 1. The van der Waals surface area contributed by atoms with Gasteiger partial charge < -0.3 is 5.11 Å². The van der Waals surface area contributed by atoms with Gasteiger partial charge in [0.2, 0.25) is 0 Å². The summed E-state index contributed by atoms with van der Waals surface area (Å²) in [5.74, 6) is -2.27. The van der Waals surface area contributed by atoms with E-state index in [4.69, 9.17) is 0 Å². The lowest BCUT2D eigenvalue weighted by Gasteiger charge is -2.17. The van der Waals surface area contributed by atoms with Crippen molar-refractivity contribution in [3.63, 3.8) is 0 Å². The van der Waals surface area contributed by atoms with Crippen molar-refractivity contribution in [3.8, 4) is 0 Å². The van der Waals surface area contributed by atoms with Gasteiger partial charge in [-0.1, -0.05) is 0 Å². The zero-order valence-electron chi connectivity index (χ0n) is 8.81. The molecule has 0 radical (unpaired) electrons. The molecule has 0 aromatic heterocycles. The highest BCUT2D eigenvalue weighted by molar-refractivity contribution is 5.31. The van der Waals surface area contributed by atoms with Crippen LogP contribution in [-0.2, 0) is 5.67 Å². The summed E-state index contributed by atoms with van der Waals surface area (Å²) in [5, 5.41) is 9.19. The molecule has 0 saturated heterocycles. The Balaban J connectivity index is 3.36. The van der Waals surface area contributed by atoms with Gasteiger partial charge in [0.1, 0.15) is 5.67 Å². The number of alkyl halides is 1. The van der Waals surface area contributed by atoms with Crippen molar-refractivity contribution < 1.29 is 18.3 Å². The molecule has 1 aromatic rings. The maximum atomic E-state index is 13.5. The van der Waals surface area contributed by atoms with Crippen LogP contribution in [0.25, 0.3) is 0 Å². The SMILES string of the molecule is CC(O)c1cc(C(C)(C)F)cc(F)c1F. The smallest absolute Gasteiger partial charge is 0.164 e. The van der Waals surface area contributed by atoms with Crippen LogP contribution in [0.1, 0.15) is 38.0 Å². The molecule has 1 unspecified atom stereocenters. The van der Waals surface area contributed by atoms with Crippen molar-refractivity contribution in [3.05, 3.63) is 34.9 Å². The molecule has 0 heterocycles. The summed E-state index contributed by atoms with van der Waals surface area (Å²) in [5.41, 5.74) is -1.98. The first-order valence-corrected chi connectivity index (χ1v) is 4.60. The van der Waals surface area contributed by atoms with Gasteiger partial charge in [0.15, 0.2) is 11.6 Å². The number of benzene rings is 1. The van der Waals surface area contributed by atoms with Gasteiger partial charge in [-0.05, 0) is 38.5 Å². The normalized spacial score (nSPS) is 14.1. The number of halogens is 3. The Labute approximate surface area is 86.5 Å². The fourth-order valence-electron chi connectivity index (χ4n) is 1.26. The predicted octanol–water partition coefficient (Wildman–Crippen LogP) is 3.22. The summed E-state index contributed by atoms with van der Waals surface area (Å²) < 4.78 is 39.7. The maximum Gasteiger partial charge on any atom is 0.164 e. The van der Waals surface area contributed by atoms with E-state index >= 15 is 0 Å². The molecule has 1 rings (SSSR count). The lowest BCUT2D eigenvalue weighted by molar-refractivity contribution is 0.189. The molecule has 1 nitrogen and oxygen atoms in total. The molecule has 0 bridgehead atoms. The Morgan fingerprint density at radius 1 is 1.27 bits per heavy atom. The molecule has 4 heteroatoms. The van der Waals surface area contributed by atoms with E-state index in [0.29, 0.717) is 0 Å². The zero-order valence-corrected chi connectivity index (χ0v) is 8.81. The third kappa shape index (κ3) is 2.50. The van der Waals surface area contributed by atoms with Crippen LogP contribution in [0.15, 0.2) is 12.1 Å². The standard InChI is InChI=1S/C11H13F3O/c1-6(15)8-4-7(11(2,3)14)5-9(12)10(8)13/h4-6,15H,1-3H3. The summed E-state index contributed by atoms with van der Waals surface area (Å²) in [7, 11) is 0. The third-order valence-corrected chi connectivity index (χ3v) is 2.19. The Kier molecular flexibility index (Phi) is 3.09. The van der Waals surface area contributed by atoms with Gasteiger partial charge in [0, 0.05) is 5.56 Å². The monoisotopic (exact) mass is 218 g/mol. The highest BCUT2D eigenvalue weighted by atomic mass is 19.2. The molecule has 1 aromatic carbocycles. The molecule has 1 atom stereocenters. The number of aliphatic hydroxyl groups is 1. The summed E-state index contributed by atoms with van der Waals surface area (Å²) in [6.45, 7) is 3.78. The molecule has 15 heavy (non-hydrogen) atoms. The molecule has 0 fully saturated rings. The first kappa shape index (κ1) is 12.0. The molecular weight excluding hydrogens is 205 g/mol. The first-order valence-electron chi connectivity index (χ1n) is 4.60. The summed E-state index contributed by atoms with van der Waals surface area (Å²) in [4.78, 5) is 0. The van der Waals surface area contributed by atoms with E-state index < -0.39 is 23.4 Å². The van der Waals surface area contributed by atoms with Crippen LogP contribution in [0.5, 0.6) is 0 Å². The van der Waals surface area contributed by atoms with Crippen molar-refractivity contribution in [2.75, 3.05) is 0 Å². The summed E-state index contributed by atoms with van der Waals surface area (Å²) in [6, 6.07) is 1.95. The summed E-state index contributed by atoms with van der Waals surface area (Å²) >= 11 is 0. The highest BCUT2D eigenvalue weighted by Gasteiger charge is 2.23. The number of rotatable bonds is 2. The topological polar surface area (TPSA) is 20.2 Å². The fraction of sp³-hybridized carbons (Fsp3) is 0.455. The summed E-state index contributed by atoms with van der Waals surface area (Å²) in [6.07, 6.45) is -1.17. The van der Waals surface area contributed by atoms with Crippen LogP contribution in [0.4, 0.5) is 13.2 Å². The molecule has 84 valence electrons. The Morgan fingerprint density at radius 3 is 2.20 bits per heavy atom. The van der Waals surface area contributed by atoms with Crippen molar-refractivity contribution in [2.45, 2.75) is 32.5 Å². The highest BCUT2D eigenvalue weighted by Crippen LogP contribution is 2.29. The molecule has 0 spiro atoms. The van der Waals surface area contributed by atoms with Gasteiger partial charge in [-0.15, -0.1) is 0 Å². The van der Waals surface area contributed by atoms with E-state index in [1.54, 1.807) is 0 Å². The Bertz CT molecular complexity index is 367. The van der Waals surface area contributed by atoms with Crippen LogP contribution < -0.4 is 0 Å². The van der Waals surface area contributed by atoms with Crippen LogP contribution in [0, 0.1) is 11.6 Å². The van der Waals surface area contributed by atoms with Crippen LogP contribution >= 0.6 is 0 Å². The van der Waals surface area contributed by atoms with Crippen LogP contribution in [-0.4, -0.2) is 5.11 Å². The molecule has 0 amide bonds. The zero-order chi connectivity index (χ0) is 11.8. The van der Waals surface area contributed by atoms with Gasteiger partial charge in [-0.25, -0.2) is 13.2 Å². The van der Waals surface area contributed by atoms with E-state index in [9.17, 15) is 18.3 Å². The number of hydrogen-bond acceptors (Lipinski definition) is 1. The second-order valence-electron chi connectivity index (χ2n) is 4.01. The van der Waals surface area contributed by atoms with E-state index in [-0.39, 0.29) is 11.1 Å². The van der Waals surface area contributed by atoms with Gasteiger partial charge >= 0.3 is 0 Å². The maximum absolute atomic E-state index is 13.5. The predicted molar refractivity (Wildman–Crippen MR) is 51.1 cm³/mol. The second-order valence-corrected chi connectivity index (χ2v) is 4.01. The molecule has 0 aliphatic carbocycles. The van der Waals surface area contributed by atoms with Crippen LogP contribution in [0.3, 0.4) is 0 Å². The van der Waals surface area contributed by atoms with E-state index in [1.165, 1.54) is 20.8 Å². The average Bonchev–Trinajstić information content (AvgIpc) is 2.06. The molecular formula is C11H13F3O. The Morgan fingerprint density at radius 2 is 1.80 bits per heavy atom. The molecule has 0 aliphatic rings. The van der Waals surface area contributed by atoms with Crippen molar-refractivity contribution in [1.29, 1.82) is 0 Å². The van der Waals surface area contributed by atoms with Gasteiger partial charge in [0.05, 0.1) is 6.10 Å². The molecule has 0 aliphatic heterocycles. The fourth-order valence-corrected chi connectivity index (χ4v) is 1.26. The minimum Gasteiger partial charge on any atom is -0.389 e. The van der Waals surface area contributed by atoms with Gasteiger partial charge in [0.25, 0.3) is 0 Å². The second kappa shape index (κ2) is 3.85. The lowest BCUT2D eigenvalue weighted by atomic mass is 9.96. The van der Waals surface area contributed by atoms with Crippen molar-refractivity contribution in [1.82, 2.24) is 0 Å². The van der Waals surface area contributed by atoms with E-state index in [0.717, 1.165) is 12.1 Å². The quantitative estimate of drug-likeness (QED) is 0.808. The lowest BCUT2D eigenvalue weighted by Crippen LogP contribution is -2.12. The van der Waals surface area contributed by atoms with E-state index in [1.807, 2.05) is 0 Å². The van der Waals surface area contributed by atoms with Crippen molar-refractivity contribution in [2.24, 2.45) is 0 Å². The number of aliphatic hydroxyl groups excluding tert-OH is 1.